The van der Waals surface area contributed by atoms with Crippen molar-refractivity contribution in [1.29, 1.82) is 0 Å². The summed E-state index contributed by atoms with van der Waals surface area (Å²) >= 11 is 0. The lowest BCUT2D eigenvalue weighted by Gasteiger charge is -2.41. The monoisotopic (exact) mass is 423 g/mol. The first-order valence-corrected chi connectivity index (χ1v) is 11.4. The molecule has 2 saturated heterocycles. The van der Waals surface area contributed by atoms with Crippen molar-refractivity contribution in [3.63, 3.8) is 0 Å². The largest absolute Gasteiger partial charge is 0.466 e. The number of nitrogens with one attached hydrogen (secondary N) is 2. The van der Waals surface area contributed by atoms with Crippen LogP contribution in [-0.4, -0.2) is 42.0 Å². The predicted molar refractivity (Wildman–Crippen MR) is 120 cm³/mol. The van der Waals surface area contributed by atoms with E-state index in [1.54, 1.807) is 0 Å². The second-order valence-corrected chi connectivity index (χ2v) is 9.12. The van der Waals surface area contributed by atoms with Gasteiger partial charge in [0, 0.05) is 5.92 Å². The van der Waals surface area contributed by atoms with Crippen molar-refractivity contribution in [2.24, 2.45) is 5.92 Å². The van der Waals surface area contributed by atoms with Gasteiger partial charge in [0.2, 0.25) is 0 Å². The van der Waals surface area contributed by atoms with Gasteiger partial charge in [-0.2, -0.15) is 0 Å². The maximum atomic E-state index is 12.9. The molecule has 0 radical (unpaired) electrons. The number of hydrogen-bond donors (Lipinski definition) is 2. The minimum absolute atomic E-state index is 0.157. The fourth-order valence-electron chi connectivity index (χ4n) is 5.05. The molecule has 2 aliphatic heterocycles. The van der Waals surface area contributed by atoms with Crippen molar-refractivity contribution in [2.45, 2.75) is 57.4 Å². The van der Waals surface area contributed by atoms with E-state index in [1.807, 2.05) is 31.2 Å². The molecule has 2 fully saturated rings. The van der Waals surface area contributed by atoms with Crippen molar-refractivity contribution in [3.8, 4) is 0 Å². The summed E-state index contributed by atoms with van der Waals surface area (Å²) < 4.78 is 5.77. The fraction of sp³-hybridized carbons (Fsp3) is 0.520. The van der Waals surface area contributed by atoms with Gasteiger partial charge in [0.05, 0.1) is 0 Å². The van der Waals surface area contributed by atoms with Crippen LogP contribution in [0.25, 0.3) is 0 Å². The number of urea groups is 1. The lowest BCUT2D eigenvalue weighted by atomic mass is 9.74. The maximum Gasteiger partial charge on any atom is 0.322 e. The third-order valence-electron chi connectivity index (χ3n) is 7.03. The molecule has 2 aliphatic rings. The van der Waals surface area contributed by atoms with E-state index in [0.29, 0.717) is 12.3 Å². The summed E-state index contributed by atoms with van der Waals surface area (Å²) in [6.45, 7) is 7.10. The highest BCUT2D eigenvalue weighted by Gasteiger charge is 2.51. The summed E-state index contributed by atoms with van der Waals surface area (Å²) in [5.74, 6) is 2.40. The van der Waals surface area contributed by atoms with E-state index in [1.165, 1.54) is 5.56 Å². The van der Waals surface area contributed by atoms with Crippen LogP contribution in [0, 0.1) is 12.8 Å². The minimum atomic E-state index is -0.794. The Kier molecular flexibility index (Phi) is 6.46. The Morgan fingerprint density at radius 1 is 1.13 bits per heavy atom. The Morgan fingerprint density at radius 3 is 2.48 bits per heavy atom. The SMILES string of the molecule is Cc1ccc(C(C)CCN2CCC(C3(CCc4ccccc4)NC(=O)NC3=O)CC2)o1. The lowest BCUT2D eigenvalue weighted by molar-refractivity contribution is -0.127. The number of rotatable bonds is 8. The van der Waals surface area contributed by atoms with Gasteiger partial charge >= 0.3 is 6.03 Å². The van der Waals surface area contributed by atoms with Gasteiger partial charge in [0.1, 0.15) is 17.1 Å². The van der Waals surface area contributed by atoms with Gasteiger partial charge in [0.25, 0.3) is 5.91 Å². The van der Waals surface area contributed by atoms with Crippen LogP contribution in [0.5, 0.6) is 0 Å². The number of carbonyl (C=O) groups excluding carboxylic acids is 2. The number of carbonyl (C=O) groups is 2. The van der Waals surface area contributed by atoms with Gasteiger partial charge in [-0.05, 0) is 82.3 Å². The van der Waals surface area contributed by atoms with Gasteiger partial charge in [-0.25, -0.2) is 4.79 Å². The molecule has 1 aromatic carbocycles. The van der Waals surface area contributed by atoms with Gasteiger partial charge in [-0.1, -0.05) is 37.3 Å². The van der Waals surface area contributed by atoms with E-state index >= 15 is 0 Å². The van der Waals surface area contributed by atoms with Crippen LogP contribution in [0.1, 0.15) is 55.6 Å². The molecular weight excluding hydrogens is 390 g/mol. The quantitative estimate of drug-likeness (QED) is 0.629. The molecule has 166 valence electrons. The Hall–Kier alpha value is -2.60. The summed E-state index contributed by atoms with van der Waals surface area (Å²) in [5.41, 5.74) is 0.397. The number of hydrogen-bond acceptors (Lipinski definition) is 4. The summed E-state index contributed by atoms with van der Waals surface area (Å²) in [5, 5.41) is 5.52. The number of furan rings is 1. The molecule has 6 nitrogen and oxygen atoms in total. The number of amides is 3. The molecule has 2 unspecified atom stereocenters. The molecule has 3 heterocycles. The van der Waals surface area contributed by atoms with Crippen molar-refractivity contribution < 1.29 is 14.0 Å². The highest BCUT2D eigenvalue weighted by Crippen LogP contribution is 2.35. The van der Waals surface area contributed by atoms with Crippen LogP contribution in [0.2, 0.25) is 0 Å². The van der Waals surface area contributed by atoms with E-state index in [9.17, 15) is 9.59 Å². The van der Waals surface area contributed by atoms with Crippen molar-refractivity contribution in [2.75, 3.05) is 19.6 Å². The average molecular weight is 424 g/mol. The molecule has 4 rings (SSSR count). The van der Waals surface area contributed by atoms with Crippen LogP contribution in [0.4, 0.5) is 4.79 Å². The van der Waals surface area contributed by atoms with Gasteiger partial charge in [-0.3, -0.25) is 10.1 Å². The van der Waals surface area contributed by atoms with Crippen LogP contribution in [0.3, 0.4) is 0 Å². The zero-order valence-corrected chi connectivity index (χ0v) is 18.5. The Bertz CT molecular complexity index is 902. The molecule has 0 bridgehead atoms. The summed E-state index contributed by atoms with van der Waals surface area (Å²) in [6, 6.07) is 13.9. The molecule has 1 aromatic heterocycles. The van der Waals surface area contributed by atoms with E-state index in [2.05, 4.69) is 40.7 Å². The smallest absolute Gasteiger partial charge is 0.322 e. The second-order valence-electron chi connectivity index (χ2n) is 9.12. The van der Waals surface area contributed by atoms with Crippen LogP contribution < -0.4 is 10.6 Å². The number of nitrogens with zero attached hydrogens (tertiary/aromatic N) is 1. The molecule has 0 aliphatic carbocycles. The average Bonchev–Trinajstić information content (AvgIpc) is 3.34. The zero-order chi connectivity index (χ0) is 21.8. The van der Waals surface area contributed by atoms with Crippen LogP contribution in [0.15, 0.2) is 46.9 Å². The lowest BCUT2D eigenvalue weighted by Crippen LogP contribution is -2.56. The van der Waals surface area contributed by atoms with E-state index in [4.69, 9.17) is 4.42 Å². The number of imide groups is 1. The van der Waals surface area contributed by atoms with Gasteiger partial charge < -0.3 is 14.6 Å². The highest BCUT2D eigenvalue weighted by atomic mass is 16.3. The number of aryl methyl sites for hydroxylation is 2. The molecule has 31 heavy (non-hydrogen) atoms. The topological polar surface area (TPSA) is 74.6 Å². The third-order valence-corrected chi connectivity index (χ3v) is 7.03. The normalized spacial score (nSPS) is 23.5. The van der Waals surface area contributed by atoms with Crippen LogP contribution >= 0.6 is 0 Å². The molecule has 0 spiro atoms. The molecule has 2 N–H and O–H groups in total. The summed E-state index contributed by atoms with van der Waals surface area (Å²) in [7, 11) is 0. The Morgan fingerprint density at radius 2 is 1.87 bits per heavy atom. The summed E-state index contributed by atoms with van der Waals surface area (Å²) in [6.07, 6.45) is 4.28. The highest BCUT2D eigenvalue weighted by molar-refractivity contribution is 6.07. The first kappa shape index (κ1) is 21.6. The number of benzene rings is 1. The van der Waals surface area contributed by atoms with Crippen LogP contribution in [-0.2, 0) is 11.2 Å². The Balaban J connectivity index is 1.34. The van der Waals surface area contributed by atoms with Gasteiger partial charge in [0.15, 0.2) is 0 Å². The van der Waals surface area contributed by atoms with Gasteiger partial charge in [-0.15, -0.1) is 0 Å². The Labute approximate surface area is 184 Å². The maximum absolute atomic E-state index is 12.9. The molecule has 3 amide bonds. The zero-order valence-electron chi connectivity index (χ0n) is 18.5. The predicted octanol–water partition coefficient (Wildman–Crippen LogP) is 4.00. The fourth-order valence-corrected chi connectivity index (χ4v) is 5.05. The van der Waals surface area contributed by atoms with E-state index < -0.39 is 5.54 Å². The first-order chi connectivity index (χ1) is 15.0. The van der Waals surface area contributed by atoms with Crippen molar-refractivity contribution in [3.05, 3.63) is 59.5 Å². The summed E-state index contributed by atoms with van der Waals surface area (Å²) in [4.78, 5) is 27.4. The second kappa shape index (κ2) is 9.27. The van der Waals surface area contributed by atoms with Crippen molar-refractivity contribution >= 4 is 11.9 Å². The molecule has 0 saturated carbocycles. The molecule has 2 atom stereocenters. The van der Waals surface area contributed by atoms with E-state index in [0.717, 1.165) is 56.8 Å². The van der Waals surface area contributed by atoms with E-state index in [-0.39, 0.29) is 17.9 Å². The number of piperidine rings is 1. The standard InChI is InChI=1S/C25H33N3O3/c1-18(22-9-8-19(2)31-22)11-15-28-16-12-21(13-17-28)25(23(29)26-24(30)27-25)14-10-20-6-4-3-5-7-20/h3-9,18,21H,10-17H2,1-2H3,(H2,26,27,29,30). The molecule has 2 aromatic rings. The molecule has 6 heteroatoms. The minimum Gasteiger partial charge on any atom is -0.466 e. The van der Waals surface area contributed by atoms with Crippen molar-refractivity contribution in [1.82, 2.24) is 15.5 Å². The third kappa shape index (κ3) is 4.85. The first-order valence-electron chi connectivity index (χ1n) is 11.4. The number of likely N-dealkylation sites (tertiary alicyclic amines) is 1. The molecular formula is C25H33N3O3.